The highest BCUT2D eigenvalue weighted by Gasteiger charge is 2.20. The Morgan fingerprint density at radius 3 is 2.40 bits per heavy atom. The van der Waals surface area contributed by atoms with Gasteiger partial charge in [0.1, 0.15) is 5.82 Å². The van der Waals surface area contributed by atoms with E-state index in [1.165, 1.54) is 0 Å². The van der Waals surface area contributed by atoms with Crippen LogP contribution in [0.15, 0.2) is 12.4 Å². The van der Waals surface area contributed by atoms with Crippen LogP contribution >= 0.6 is 0 Å². The van der Waals surface area contributed by atoms with Gasteiger partial charge < -0.3 is 9.64 Å². The number of hydrogen-bond acceptors (Lipinski definition) is 4. The zero-order valence-corrected chi connectivity index (χ0v) is 9.31. The molecular weight excluding hydrogens is 190 g/mol. The Morgan fingerprint density at radius 2 is 1.87 bits per heavy atom. The number of methoxy groups -OCH3 is 1. The minimum Gasteiger partial charge on any atom is -0.494 e. The van der Waals surface area contributed by atoms with E-state index in [9.17, 15) is 0 Å². The molecule has 0 saturated carbocycles. The molecule has 0 amide bonds. The van der Waals surface area contributed by atoms with Crippen LogP contribution in [0.1, 0.15) is 24.6 Å². The van der Waals surface area contributed by atoms with Crippen molar-refractivity contribution in [3.63, 3.8) is 0 Å². The normalized spacial score (nSPS) is 19.1. The second-order valence-corrected chi connectivity index (χ2v) is 4.06. The highest BCUT2D eigenvalue weighted by Crippen LogP contribution is 2.24. The number of likely N-dealkylation sites (tertiary alicyclic amines) is 1. The molecule has 0 atom stereocenters. The maximum absolute atomic E-state index is 5.04. The van der Waals surface area contributed by atoms with Crippen LogP contribution in [0.2, 0.25) is 0 Å². The van der Waals surface area contributed by atoms with E-state index in [0.29, 0.717) is 5.92 Å². The van der Waals surface area contributed by atoms with E-state index < -0.39 is 0 Å². The summed E-state index contributed by atoms with van der Waals surface area (Å²) in [7, 11) is 3.79. The molecule has 0 unspecified atom stereocenters. The predicted octanol–water partition coefficient (Wildman–Crippen LogP) is 1.29. The largest absolute Gasteiger partial charge is 0.494 e. The van der Waals surface area contributed by atoms with Crippen molar-refractivity contribution >= 4 is 0 Å². The molecule has 82 valence electrons. The van der Waals surface area contributed by atoms with Crippen LogP contribution in [-0.2, 0) is 0 Å². The van der Waals surface area contributed by atoms with Gasteiger partial charge in [-0.15, -0.1) is 0 Å². The van der Waals surface area contributed by atoms with Crippen molar-refractivity contribution in [2.75, 3.05) is 27.2 Å². The molecule has 2 rings (SSSR count). The maximum Gasteiger partial charge on any atom is 0.155 e. The Morgan fingerprint density at radius 1 is 1.27 bits per heavy atom. The Hall–Kier alpha value is -1.16. The summed E-state index contributed by atoms with van der Waals surface area (Å²) in [6.45, 7) is 2.28. The van der Waals surface area contributed by atoms with Crippen LogP contribution in [0.5, 0.6) is 5.75 Å². The molecule has 0 aromatic carbocycles. The van der Waals surface area contributed by atoms with Crippen LogP contribution in [0.4, 0.5) is 0 Å². The summed E-state index contributed by atoms with van der Waals surface area (Å²) in [6, 6.07) is 0. The van der Waals surface area contributed by atoms with Crippen LogP contribution in [0, 0.1) is 0 Å². The quantitative estimate of drug-likeness (QED) is 0.732. The molecule has 0 aliphatic carbocycles. The number of hydrogen-bond donors (Lipinski definition) is 0. The zero-order chi connectivity index (χ0) is 10.7. The molecule has 1 aliphatic rings. The third kappa shape index (κ3) is 2.45. The Balaban J connectivity index is 2.03. The molecule has 4 nitrogen and oxygen atoms in total. The number of rotatable bonds is 2. The number of nitrogens with zero attached hydrogens (tertiary/aromatic N) is 3. The van der Waals surface area contributed by atoms with E-state index >= 15 is 0 Å². The first-order chi connectivity index (χ1) is 7.29. The van der Waals surface area contributed by atoms with E-state index in [1.54, 1.807) is 19.5 Å². The third-order valence-electron chi connectivity index (χ3n) is 2.97. The number of piperidine rings is 1. The summed E-state index contributed by atoms with van der Waals surface area (Å²) in [5.41, 5.74) is 0. The molecule has 0 N–H and O–H groups in total. The van der Waals surface area contributed by atoms with Crippen LogP contribution in [0.25, 0.3) is 0 Å². The van der Waals surface area contributed by atoms with Crippen molar-refractivity contribution in [1.29, 1.82) is 0 Å². The van der Waals surface area contributed by atoms with Gasteiger partial charge in [-0.05, 0) is 33.0 Å². The van der Waals surface area contributed by atoms with E-state index in [2.05, 4.69) is 21.9 Å². The van der Waals surface area contributed by atoms with Crippen molar-refractivity contribution in [3.05, 3.63) is 18.2 Å². The van der Waals surface area contributed by atoms with E-state index in [4.69, 9.17) is 4.74 Å². The van der Waals surface area contributed by atoms with Crippen molar-refractivity contribution < 1.29 is 4.74 Å². The highest BCUT2D eigenvalue weighted by atomic mass is 16.5. The molecule has 1 aromatic heterocycles. The van der Waals surface area contributed by atoms with E-state index in [1.807, 2.05) is 0 Å². The first kappa shape index (κ1) is 10.4. The summed E-state index contributed by atoms with van der Waals surface area (Å²) >= 11 is 0. The lowest BCUT2D eigenvalue weighted by atomic mass is 9.96. The molecular formula is C11H17N3O. The molecule has 2 heterocycles. The third-order valence-corrected chi connectivity index (χ3v) is 2.97. The van der Waals surface area contributed by atoms with Gasteiger partial charge in [0.05, 0.1) is 19.5 Å². The molecule has 1 fully saturated rings. The smallest absolute Gasteiger partial charge is 0.155 e. The summed E-state index contributed by atoms with van der Waals surface area (Å²) in [5, 5.41) is 0. The van der Waals surface area contributed by atoms with Gasteiger partial charge >= 0.3 is 0 Å². The Bertz CT molecular complexity index is 304. The van der Waals surface area contributed by atoms with Gasteiger partial charge in [-0.25, -0.2) is 9.97 Å². The topological polar surface area (TPSA) is 38.2 Å². The molecule has 15 heavy (non-hydrogen) atoms. The van der Waals surface area contributed by atoms with Crippen molar-refractivity contribution in [3.8, 4) is 5.75 Å². The average molecular weight is 207 g/mol. The van der Waals surface area contributed by atoms with Crippen LogP contribution in [0.3, 0.4) is 0 Å². The first-order valence-electron chi connectivity index (χ1n) is 5.34. The van der Waals surface area contributed by atoms with Crippen molar-refractivity contribution in [2.24, 2.45) is 0 Å². The molecule has 4 heteroatoms. The average Bonchev–Trinajstić information content (AvgIpc) is 2.30. The Kier molecular flexibility index (Phi) is 3.16. The lowest BCUT2D eigenvalue weighted by Gasteiger charge is -2.27. The minimum atomic E-state index is 0.520. The summed E-state index contributed by atoms with van der Waals surface area (Å²) < 4.78 is 5.04. The molecule has 1 aromatic rings. The molecule has 0 radical (unpaired) electrons. The standard InChI is InChI=1S/C11H17N3O/c1-14-5-3-9(4-6-14)11-12-7-10(15-2)8-13-11/h7-9H,3-6H2,1-2H3. The van der Waals surface area contributed by atoms with Crippen molar-refractivity contribution in [1.82, 2.24) is 14.9 Å². The van der Waals surface area contributed by atoms with Gasteiger partial charge in [-0.2, -0.15) is 0 Å². The Labute approximate surface area is 90.3 Å². The second kappa shape index (κ2) is 4.57. The maximum atomic E-state index is 5.04. The minimum absolute atomic E-state index is 0.520. The van der Waals surface area contributed by atoms with Gasteiger partial charge in [-0.3, -0.25) is 0 Å². The molecule has 1 saturated heterocycles. The fraction of sp³-hybridized carbons (Fsp3) is 0.636. The molecule has 0 spiro atoms. The summed E-state index contributed by atoms with van der Waals surface area (Å²) in [4.78, 5) is 11.0. The van der Waals surface area contributed by atoms with Gasteiger partial charge in [-0.1, -0.05) is 0 Å². The van der Waals surface area contributed by atoms with Crippen LogP contribution < -0.4 is 4.74 Å². The summed E-state index contributed by atoms with van der Waals surface area (Å²) in [5.74, 6) is 2.21. The fourth-order valence-corrected chi connectivity index (χ4v) is 1.91. The van der Waals surface area contributed by atoms with Gasteiger partial charge in [0.25, 0.3) is 0 Å². The lowest BCUT2D eigenvalue weighted by molar-refractivity contribution is 0.251. The second-order valence-electron chi connectivity index (χ2n) is 4.06. The first-order valence-corrected chi connectivity index (χ1v) is 5.34. The lowest BCUT2D eigenvalue weighted by Crippen LogP contribution is -2.29. The molecule has 1 aliphatic heterocycles. The highest BCUT2D eigenvalue weighted by molar-refractivity contribution is 5.13. The van der Waals surface area contributed by atoms with Crippen molar-refractivity contribution in [2.45, 2.75) is 18.8 Å². The fourth-order valence-electron chi connectivity index (χ4n) is 1.91. The van der Waals surface area contributed by atoms with Gasteiger partial charge in [0, 0.05) is 5.92 Å². The summed E-state index contributed by atoms with van der Waals surface area (Å²) in [6.07, 6.45) is 5.81. The van der Waals surface area contributed by atoms with Gasteiger partial charge in [0.15, 0.2) is 5.75 Å². The number of aromatic nitrogens is 2. The number of ether oxygens (including phenoxy) is 1. The van der Waals surface area contributed by atoms with E-state index in [0.717, 1.165) is 37.5 Å². The SMILES string of the molecule is COc1cnc(C2CCN(C)CC2)nc1. The van der Waals surface area contributed by atoms with Crippen LogP contribution in [-0.4, -0.2) is 42.1 Å². The van der Waals surface area contributed by atoms with E-state index in [-0.39, 0.29) is 0 Å². The molecule has 0 bridgehead atoms. The van der Waals surface area contributed by atoms with Gasteiger partial charge in [0.2, 0.25) is 0 Å². The monoisotopic (exact) mass is 207 g/mol. The predicted molar refractivity (Wildman–Crippen MR) is 58.1 cm³/mol. The zero-order valence-electron chi connectivity index (χ0n) is 9.31.